The molecule has 4 heterocycles. The second-order valence-corrected chi connectivity index (χ2v) is 5.09. The summed E-state index contributed by atoms with van der Waals surface area (Å²) in [5.74, 6) is 0.654. The number of carbonyl (C=O) groups excluding carboxylic acids is 1. The number of furan rings is 1. The van der Waals surface area contributed by atoms with Crippen molar-refractivity contribution in [1.82, 2.24) is 29.9 Å². The van der Waals surface area contributed by atoms with E-state index in [1.807, 2.05) is 0 Å². The molecular weight excluding hydrogens is 324 g/mol. The van der Waals surface area contributed by atoms with Crippen molar-refractivity contribution in [2.24, 2.45) is 0 Å². The van der Waals surface area contributed by atoms with E-state index in [0.717, 1.165) is 0 Å². The highest BCUT2D eigenvalue weighted by atomic mass is 16.3. The van der Waals surface area contributed by atoms with E-state index in [2.05, 4.69) is 30.6 Å². The molecule has 124 valence electrons. The van der Waals surface area contributed by atoms with Gasteiger partial charge in [-0.05, 0) is 24.3 Å². The summed E-state index contributed by atoms with van der Waals surface area (Å²) in [7, 11) is 0. The average molecular weight is 336 g/mol. The maximum Gasteiger partial charge on any atom is 0.247 e. The average Bonchev–Trinajstić information content (AvgIpc) is 3.26. The third-order valence-electron chi connectivity index (χ3n) is 3.36. The Morgan fingerprint density at radius 2 is 2.16 bits per heavy atom. The van der Waals surface area contributed by atoms with Crippen molar-refractivity contribution in [3.05, 3.63) is 42.8 Å². The molecule has 3 N–H and O–H groups in total. The van der Waals surface area contributed by atoms with Gasteiger partial charge in [0.05, 0.1) is 6.26 Å². The number of nitrogen functional groups attached to an aromatic ring is 1. The molecule has 0 saturated carbocycles. The Bertz CT molecular complexity index is 1030. The number of fused-ring (bicyclic) bond motifs is 1. The monoisotopic (exact) mass is 336 g/mol. The molecule has 0 unspecified atom stereocenters. The van der Waals surface area contributed by atoms with E-state index in [4.69, 9.17) is 10.2 Å². The summed E-state index contributed by atoms with van der Waals surface area (Å²) in [4.78, 5) is 24.5. The quantitative estimate of drug-likeness (QED) is 0.565. The number of hydrogen-bond donors (Lipinski definition) is 2. The van der Waals surface area contributed by atoms with E-state index in [1.165, 1.54) is 10.9 Å². The summed E-state index contributed by atoms with van der Waals surface area (Å²) >= 11 is 0. The lowest BCUT2D eigenvalue weighted by Crippen LogP contribution is -2.20. The highest BCUT2D eigenvalue weighted by Gasteiger charge is 2.18. The molecule has 4 rings (SSSR count). The molecule has 0 atom stereocenters. The fourth-order valence-corrected chi connectivity index (χ4v) is 2.32. The van der Waals surface area contributed by atoms with Crippen molar-refractivity contribution >= 4 is 28.8 Å². The number of nitrogens with two attached hydrogens (primary N) is 1. The van der Waals surface area contributed by atoms with Crippen LogP contribution in [0.5, 0.6) is 0 Å². The summed E-state index contributed by atoms with van der Waals surface area (Å²) in [5.41, 5.74) is 6.93. The largest absolute Gasteiger partial charge is 0.463 e. The Kier molecular flexibility index (Phi) is 3.54. The number of carbonyl (C=O) groups is 1. The molecule has 0 saturated heterocycles. The number of hydrogen-bond acceptors (Lipinski definition) is 8. The standard InChI is InChI=1S/C15H12N8O2/c16-15-19-12(9-4-3-7-25-9)13-14(20-15)23(22-21-13)8-11(24)18-10-5-1-2-6-17-10/h1-7H,8H2,(H2,16,19,20)(H,17,18,24). The molecule has 10 nitrogen and oxygen atoms in total. The summed E-state index contributed by atoms with van der Waals surface area (Å²) in [6.45, 7) is -0.0961. The van der Waals surface area contributed by atoms with Crippen LogP contribution >= 0.6 is 0 Å². The predicted molar refractivity (Wildman–Crippen MR) is 88.1 cm³/mol. The molecule has 1 amide bonds. The highest BCUT2D eigenvalue weighted by Crippen LogP contribution is 2.25. The predicted octanol–water partition coefficient (Wildman–Crippen LogP) is 1.10. The molecule has 0 aromatic carbocycles. The zero-order chi connectivity index (χ0) is 17.2. The fourth-order valence-electron chi connectivity index (χ4n) is 2.32. The van der Waals surface area contributed by atoms with Crippen molar-refractivity contribution in [3.8, 4) is 11.5 Å². The number of nitrogens with one attached hydrogen (secondary N) is 1. The molecule has 0 bridgehead atoms. The normalized spacial score (nSPS) is 10.9. The molecule has 0 aliphatic carbocycles. The Hall–Kier alpha value is -3.82. The van der Waals surface area contributed by atoms with Gasteiger partial charge in [-0.15, -0.1) is 5.10 Å². The van der Waals surface area contributed by atoms with Crippen LogP contribution in [0.15, 0.2) is 47.2 Å². The van der Waals surface area contributed by atoms with E-state index in [1.54, 1.807) is 36.5 Å². The lowest BCUT2D eigenvalue weighted by Gasteiger charge is -2.05. The summed E-state index contributed by atoms with van der Waals surface area (Å²) in [6.07, 6.45) is 3.11. The first-order chi connectivity index (χ1) is 12.2. The van der Waals surface area contributed by atoms with Crippen LogP contribution in [0.2, 0.25) is 0 Å². The van der Waals surface area contributed by atoms with Gasteiger partial charge in [-0.2, -0.15) is 4.98 Å². The second kappa shape index (κ2) is 6.00. The first kappa shape index (κ1) is 14.8. The van der Waals surface area contributed by atoms with Crippen LogP contribution in [-0.4, -0.2) is 35.9 Å². The summed E-state index contributed by atoms with van der Waals surface area (Å²) in [5, 5.41) is 10.7. The molecule has 4 aromatic heterocycles. The Morgan fingerprint density at radius 1 is 1.24 bits per heavy atom. The van der Waals surface area contributed by atoms with Crippen LogP contribution in [0.3, 0.4) is 0 Å². The lowest BCUT2D eigenvalue weighted by atomic mass is 10.3. The number of nitrogens with zero attached hydrogens (tertiary/aromatic N) is 6. The van der Waals surface area contributed by atoms with Crippen LogP contribution < -0.4 is 11.1 Å². The van der Waals surface area contributed by atoms with E-state index in [-0.39, 0.29) is 18.4 Å². The second-order valence-electron chi connectivity index (χ2n) is 5.09. The van der Waals surface area contributed by atoms with Gasteiger partial charge in [-0.25, -0.2) is 14.6 Å². The number of aromatic nitrogens is 6. The molecule has 25 heavy (non-hydrogen) atoms. The van der Waals surface area contributed by atoms with E-state index in [9.17, 15) is 4.79 Å². The van der Waals surface area contributed by atoms with E-state index in [0.29, 0.717) is 28.4 Å². The number of pyridine rings is 1. The van der Waals surface area contributed by atoms with E-state index < -0.39 is 0 Å². The number of anilines is 2. The molecule has 0 fully saturated rings. The van der Waals surface area contributed by atoms with Crippen molar-refractivity contribution < 1.29 is 9.21 Å². The summed E-state index contributed by atoms with van der Waals surface area (Å²) in [6, 6.07) is 8.68. The van der Waals surface area contributed by atoms with Crippen molar-refractivity contribution in [2.45, 2.75) is 6.54 Å². The molecule has 10 heteroatoms. The van der Waals surface area contributed by atoms with Crippen LogP contribution in [0.25, 0.3) is 22.6 Å². The topological polar surface area (TPSA) is 138 Å². The third kappa shape index (κ3) is 2.87. The maximum atomic E-state index is 12.2. The van der Waals surface area contributed by atoms with Crippen molar-refractivity contribution in [2.75, 3.05) is 11.1 Å². The van der Waals surface area contributed by atoms with Gasteiger partial charge in [0.1, 0.15) is 18.1 Å². The Balaban J connectivity index is 1.66. The van der Waals surface area contributed by atoms with Gasteiger partial charge in [-0.3, -0.25) is 4.79 Å². The maximum absolute atomic E-state index is 12.2. The minimum absolute atomic E-state index is 0.0348. The van der Waals surface area contributed by atoms with Crippen molar-refractivity contribution in [3.63, 3.8) is 0 Å². The van der Waals surface area contributed by atoms with E-state index >= 15 is 0 Å². The van der Waals surface area contributed by atoms with Crippen LogP contribution in [0, 0.1) is 0 Å². The zero-order valence-electron chi connectivity index (χ0n) is 12.8. The third-order valence-corrected chi connectivity index (χ3v) is 3.36. The minimum atomic E-state index is -0.317. The lowest BCUT2D eigenvalue weighted by molar-refractivity contribution is -0.116. The molecule has 0 aliphatic rings. The van der Waals surface area contributed by atoms with Gasteiger partial charge < -0.3 is 15.5 Å². The molecule has 0 aliphatic heterocycles. The van der Waals surface area contributed by atoms with Gasteiger partial charge in [-0.1, -0.05) is 11.3 Å². The van der Waals surface area contributed by atoms with Gasteiger partial charge in [0, 0.05) is 6.20 Å². The zero-order valence-corrected chi connectivity index (χ0v) is 12.8. The van der Waals surface area contributed by atoms with Crippen LogP contribution in [-0.2, 0) is 11.3 Å². The van der Waals surface area contributed by atoms with Gasteiger partial charge in [0.15, 0.2) is 16.9 Å². The first-order valence-corrected chi connectivity index (χ1v) is 7.32. The Morgan fingerprint density at radius 3 is 2.92 bits per heavy atom. The van der Waals surface area contributed by atoms with Gasteiger partial charge in [0.2, 0.25) is 11.9 Å². The first-order valence-electron chi connectivity index (χ1n) is 7.32. The van der Waals surface area contributed by atoms with Gasteiger partial charge in [0.25, 0.3) is 0 Å². The smallest absolute Gasteiger partial charge is 0.247 e. The number of amides is 1. The van der Waals surface area contributed by atoms with Crippen LogP contribution in [0.1, 0.15) is 0 Å². The number of rotatable bonds is 4. The van der Waals surface area contributed by atoms with Gasteiger partial charge >= 0.3 is 0 Å². The van der Waals surface area contributed by atoms with Crippen molar-refractivity contribution in [1.29, 1.82) is 0 Å². The minimum Gasteiger partial charge on any atom is -0.463 e. The molecule has 0 spiro atoms. The molecular formula is C15H12N8O2. The fraction of sp³-hybridized carbons (Fsp3) is 0.0667. The SMILES string of the molecule is Nc1nc(-c2ccco2)c2nnn(CC(=O)Nc3ccccn3)c2n1. The molecule has 4 aromatic rings. The molecule has 0 radical (unpaired) electrons. The summed E-state index contributed by atoms with van der Waals surface area (Å²) < 4.78 is 6.69. The highest BCUT2D eigenvalue weighted by molar-refractivity contribution is 5.91. The van der Waals surface area contributed by atoms with Crippen LogP contribution in [0.4, 0.5) is 11.8 Å². The Labute approximate surface area is 140 Å².